The molecule has 0 aliphatic rings. The first-order chi connectivity index (χ1) is 19.1. The molecule has 3 heterocycles. The van der Waals surface area contributed by atoms with Gasteiger partial charge in [-0.2, -0.15) is 15.3 Å². The Morgan fingerprint density at radius 1 is 1.05 bits per heavy atom. The Morgan fingerprint density at radius 3 is 2.50 bits per heavy atom. The van der Waals surface area contributed by atoms with Gasteiger partial charge in [-0.1, -0.05) is 17.7 Å². The Morgan fingerprint density at radius 2 is 1.80 bits per heavy atom. The van der Waals surface area contributed by atoms with Crippen molar-refractivity contribution in [2.45, 2.75) is 19.6 Å². The largest absolute Gasteiger partial charge is 0.355 e. The fraction of sp³-hybridized carbons (Fsp3) is 0.120. The number of nitrogens with zero attached hydrogens (tertiary/aromatic N) is 6. The average Bonchev–Trinajstić information content (AvgIpc) is 3.29. The molecule has 0 radical (unpaired) electrons. The molecule has 0 bridgehead atoms. The predicted octanol–water partition coefficient (Wildman–Crippen LogP) is 2.88. The molecule has 3 aromatic heterocycles. The number of aromatic nitrogens is 6. The second-order valence-electron chi connectivity index (χ2n) is 8.57. The van der Waals surface area contributed by atoms with E-state index < -0.39 is 47.5 Å². The lowest BCUT2D eigenvalue weighted by Gasteiger charge is -2.16. The number of rotatable bonds is 7. The number of fused-ring (bicyclic) bond motifs is 1. The minimum absolute atomic E-state index is 0.0105. The zero-order chi connectivity index (χ0) is 28.6. The molecular formula is C25H16ClF3N8O3. The second kappa shape index (κ2) is 10.5. The van der Waals surface area contributed by atoms with Crippen LogP contribution in [0.25, 0.3) is 10.9 Å². The van der Waals surface area contributed by atoms with Crippen LogP contribution >= 0.6 is 11.6 Å². The summed E-state index contributed by atoms with van der Waals surface area (Å²) in [6.07, 6.45) is 2.96. The summed E-state index contributed by atoms with van der Waals surface area (Å²) in [5.41, 5.74) is -1.95. The minimum Gasteiger partial charge on any atom is -0.329 e. The van der Waals surface area contributed by atoms with Crippen molar-refractivity contribution in [2.75, 3.05) is 5.32 Å². The molecule has 15 heteroatoms. The molecule has 2 aromatic carbocycles. The van der Waals surface area contributed by atoms with Crippen LogP contribution in [0.5, 0.6) is 0 Å². The summed E-state index contributed by atoms with van der Waals surface area (Å²) in [5.74, 6) is -4.98. The number of H-pyrrole nitrogens is 1. The number of nitrogens with one attached hydrogen (secondary N) is 2. The summed E-state index contributed by atoms with van der Waals surface area (Å²) in [6, 6.07) is 9.32. The van der Waals surface area contributed by atoms with Gasteiger partial charge in [-0.05, 0) is 35.9 Å². The van der Waals surface area contributed by atoms with Crippen LogP contribution in [0.3, 0.4) is 0 Å². The van der Waals surface area contributed by atoms with Crippen molar-refractivity contribution in [1.29, 1.82) is 5.26 Å². The molecule has 5 aromatic rings. The van der Waals surface area contributed by atoms with Crippen LogP contribution < -0.4 is 22.3 Å². The van der Waals surface area contributed by atoms with Crippen molar-refractivity contribution in [3.63, 3.8) is 0 Å². The number of benzene rings is 2. The minimum atomic E-state index is -1.68. The van der Waals surface area contributed by atoms with E-state index >= 15 is 0 Å². The van der Waals surface area contributed by atoms with Gasteiger partial charge in [-0.3, -0.25) is 14.0 Å². The third-order valence-corrected chi connectivity index (χ3v) is 6.19. The molecule has 0 aliphatic heterocycles. The smallest absolute Gasteiger partial charge is 0.329 e. The lowest BCUT2D eigenvalue weighted by molar-refractivity contribution is 0.444. The number of nitriles is 1. The highest BCUT2D eigenvalue weighted by atomic mass is 35.5. The third-order valence-electron chi connectivity index (χ3n) is 5.88. The standard InChI is InChI=1S/C25H16ClF3N8O3/c26-16-9-19-15(11-35(34-19)5-3-30)8-20(16)32-23-33-24(39)37(12-14-2-1-4-31-22(14)38)25(40)36(23)10-13-6-17(27)21(29)18(28)7-13/h1-2,4,6-9,11H,5,10,12H2,(H,31,38)(H,32,33,39). The average molecular weight is 569 g/mol. The summed E-state index contributed by atoms with van der Waals surface area (Å²) < 4.78 is 44.4. The first-order valence-electron chi connectivity index (χ1n) is 11.5. The Hall–Kier alpha value is -5.16. The van der Waals surface area contributed by atoms with Crippen LogP contribution in [0.15, 0.2) is 63.2 Å². The summed E-state index contributed by atoms with van der Waals surface area (Å²) in [7, 11) is 0. The van der Waals surface area contributed by atoms with E-state index in [0.717, 1.165) is 4.57 Å². The van der Waals surface area contributed by atoms with Gasteiger partial charge in [0.2, 0.25) is 5.95 Å². The monoisotopic (exact) mass is 568 g/mol. The van der Waals surface area contributed by atoms with Gasteiger partial charge in [-0.25, -0.2) is 27.3 Å². The van der Waals surface area contributed by atoms with E-state index in [1.807, 2.05) is 6.07 Å². The number of anilines is 2. The van der Waals surface area contributed by atoms with Gasteiger partial charge in [0.1, 0.15) is 6.54 Å². The van der Waals surface area contributed by atoms with Crippen molar-refractivity contribution < 1.29 is 13.2 Å². The van der Waals surface area contributed by atoms with Crippen molar-refractivity contribution in [1.82, 2.24) is 28.9 Å². The zero-order valence-electron chi connectivity index (χ0n) is 20.2. The van der Waals surface area contributed by atoms with Gasteiger partial charge < -0.3 is 10.3 Å². The van der Waals surface area contributed by atoms with Gasteiger partial charge in [0.15, 0.2) is 17.5 Å². The van der Waals surface area contributed by atoms with Crippen molar-refractivity contribution >= 4 is 34.1 Å². The number of halogens is 4. The van der Waals surface area contributed by atoms with Gasteiger partial charge in [0, 0.05) is 23.3 Å². The Labute approximate surface area is 226 Å². The maximum absolute atomic E-state index is 14.0. The Kier molecular flexibility index (Phi) is 6.97. The van der Waals surface area contributed by atoms with Crippen LogP contribution in [0.1, 0.15) is 11.1 Å². The summed E-state index contributed by atoms with van der Waals surface area (Å²) >= 11 is 6.39. The van der Waals surface area contributed by atoms with E-state index in [2.05, 4.69) is 20.4 Å². The molecule has 0 saturated heterocycles. The summed E-state index contributed by atoms with van der Waals surface area (Å²) in [4.78, 5) is 45.0. The topological polar surface area (TPSA) is 143 Å². The maximum atomic E-state index is 14.0. The molecule has 5 rings (SSSR count). The highest BCUT2D eigenvalue weighted by molar-refractivity contribution is 6.34. The predicted molar refractivity (Wildman–Crippen MR) is 138 cm³/mol. The second-order valence-corrected chi connectivity index (χ2v) is 8.98. The van der Waals surface area contributed by atoms with Crippen LogP contribution in [-0.4, -0.2) is 28.9 Å². The summed E-state index contributed by atoms with van der Waals surface area (Å²) in [5, 5.41) is 16.6. The van der Waals surface area contributed by atoms with Crippen LogP contribution in [0.4, 0.5) is 24.8 Å². The molecule has 0 atom stereocenters. The third kappa shape index (κ3) is 5.09. The fourth-order valence-corrected chi connectivity index (χ4v) is 4.21. The van der Waals surface area contributed by atoms with Crippen molar-refractivity contribution in [2.24, 2.45) is 0 Å². The van der Waals surface area contributed by atoms with E-state index in [0.29, 0.717) is 27.6 Å². The van der Waals surface area contributed by atoms with Crippen LogP contribution in [-0.2, 0) is 19.6 Å². The normalized spacial score (nSPS) is 11.1. The van der Waals surface area contributed by atoms with Crippen molar-refractivity contribution in [3.05, 3.63) is 114 Å². The SMILES string of the molecule is N#CCn1cc2cc(Nc3nc(=O)n(Cc4ccc[nH]c4=O)c(=O)n3Cc3cc(F)c(F)c(F)c3)c(Cl)cc2n1. The van der Waals surface area contributed by atoms with Gasteiger partial charge in [0.05, 0.1) is 35.4 Å². The number of pyridine rings is 1. The molecule has 0 aliphatic carbocycles. The van der Waals surface area contributed by atoms with Crippen LogP contribution in [0.2, 0.25) is 5.02 Å². The zero-order valence-corrected chi connectivity index (χ0v) is 20.9. The molecule has 11 nitrogen and oxygen atoms in total. The van der Waals surface area contributed by atoms with E-state index in [1.165, 1.54) is 29.1 Å². The Balaban J connectivity index is 1.64. The number of hydrogen-bond donors (Lipinski definition) is 2. The molecule has 40 heavy (non-hydrogen) atoms. The first kappa shape index (κ1) is 26.4. The summed E-state index contributed by atoms with van der Waals surface area (Å²) in [6.45, 7) is -0.991. The lowest BCUT2D eigenvalue weighted by atomic mass is 10.2. The number of aromatic amines is 1. The fourth-order valence-electron chi connectivity index (χ4n) is 4.00. The Bertz CT molecular complexity index is 1990. The maximum Gasteiger partial charge on any atom is 0.355 e. The molecule has 0 fully saturated rings. The van der Waals surface area contributed by atoms with Crippen molar-refractivity contribution in [3.8, 4) is 6.07 Å². The van der Waals surface area contributed by atoms with Crippen LogP contribution in [0, 0.1) is 28.8 Å². The quantitative estimate of drug-likeness (QED) is 0.287. The first-order valence-corrected chi connectivity index (χ1v) is 11.8. The lowest BCUT2D eigenvalue weighted by Crippen LogP contribution is -2.43. The van der Waals surface area contributed by atoms with E-state index in [4.69, 9.17) is 16.9 Å². The van der Waals surface area contributed by atoms with E-state index in [-0.39, 0.29) is 34.3 Å². The molecule has 2 N–H and O–H groups in total. The molecule has 0 unspecified atom stereocenters. The van der Waals surface area contributed by atoms with Gasteiger partial charge >= 0.3 is 11.4 Å². The highest BCUT2D eigenvalue weighted by Crippen LogP contribution is 2.29. The van der Waals surface area contributed by atoms with E-state index in [1.54, 1.807) is 12.3 Å². The van der Waals surface area contributed by atoms with E-state index in [9.17, 15) is 27.6 Å². The highest BCUT2D eigenvalue weighted by Gasteiger charge is 2.19. The number of hydrogen-bond acceptors (Lipinski definition) is 7. The van der Waals surface area contributed by atoms with Gasteiger partial charge in [-0.15, -0.1) is 0 Å². The molecule has 0 saturated carbocycles. The molecule has 202 valence electrons. The molecule has 0 amide bonds. The van der Waals surface area contributed by atoms with Gasteiger partial charge in [0.25, 0.3) is 5.56 Å². The molecule has 0 spiro atoms. The molecular weight excluding hydrogens is 553 g/mol.